The molecule has 1 aromatic rings. The zero-order chi connectivity index (χ0) is 15.5. The Kier molecular flexibility index (Phi) is 5.11. The molecule has 0 aliphatic carbocycles. The molecule has 6 heteroatoms. The van der Waals surface area contributed by atoms with Crippen LogP contribution in [-0.2, 0) is 11.3 Å². The van der Waals surface area contributed by atoms with E-state index >= 15 is 0 Å². The third-order valence-corrected chi connectivity index (χ3v) is 4.76. The first-order valence-electron chi connectivity index (χ1n) is 7.29. The molecule has 1 aliphatic rings. The van der Waals surface area contributed by atoms with Gasteiger partial charge in [-0.05, 0) is 46.6 Å². The summed E-state index contributed by atoms with van der Waals surface area (Å²) in [6.07, 6.45) is 4.32. The van der Waals surface area contributed by atoms with Crippen molar-refractivity contribution in [3.8, 4) is 0 Å². The molecule has 0 spiro atoms. The van der Waals surface area contributed by atoms with E-state index in [4.69, 9.17) is 0 Å². The number of hydrogen-bond acceptors (Lipinski definition) is 5. The molecular weight excluding hydrogens is 286 g/mol. The summed E-state index contributed by atoms with van der Waals surface area (Å²) in [5, 5.41) is 19.8. The van der Waals surface area contributed by atoms with Gasteiger partial charge in [0.2, 0.25) is 0 Å². The van der Waals surface area contributed by atoms with Crippen LogP contribution in [0.15, 0.2) is 11.6 Å². The minimum atomic E-state index is -0.682. The molecule has 2 rings (SSSR count). The molecule has 1 fully saturated rings. The van der Waals surface area contributed by atoms with E-state index in [9.17, 15) is 9.90 Å². The Labute approximate surface area is 129 Å². The molecule has 1 saturated heterocycles. The van der Waals surface area contributed by atoms with Crippen LogP contribution >= 0.6 is 11.3 Å². The van der Waals surface area contributed by atoms with Gasteiger partial charge < -0.3 is 5.11 Å². The van der Waals surface area contributed by atoms with Gasteiger partial charge in [-0.3, -0.25) is 9.69 Å². The van der Waals surface area contributed by atoms with E-state index in [1.165, 1.54) is 5.57 Å². The zero-order valence-corrected chi connectivity index (χ0v) is 13.7. The highest BCUT2D eigenvalue weighted by atomic mass is 32.1. The van der Waals surface area contributed by atoms with E-state index in [-0.39, 0.29) is 0 Å². The van der Waals surface area contributed by atoms with Crippen molar-refractivity contribution >= 4 is 17.3 Å². The van der Waals surface area contributed by atoms with Crippen LogP contribution in [-0.4, -0.2) is 39.3 Å². The van der Waals surface area contributed by atoms with E-state index in [1.807, 2.05) is 26.8 Å². The molecule has 2 heterocycles. The quantitative estimate of drug-likeness (QED) is 0.847. The summed E-state index contributed by atoms with van der Waals surface area (Å²) in [4.78, 5) is 14.0. The Balaban J connectivity index is 2.09. The van der Waals surface area contributed by atoms with Gasteiger partial charge >= 0.3 is 5.97 Å². The lowest BCUT2D eigenvalue weighted by Crippen LogP contribution is -2.47. The second kappa shape index (κ2) is 6.66. The number of aryl methyl sites for hydroxylation is 1. The number of allylic oxidation sites excluding steroid dienone is 2. The molecule has 0 saturated carbocycles. The summed E-state index contributed by atoms with van der Waals surface area (Å²) in [7, 11) is 0. The van der Waals surface area contributed by atoms with Gasteiger partial charge in [0.1, 0.15) is 10.0 Å². The number of carboxylic acids is 1. The van der Waals surface area contributed by atoms with Crippen LogP contribution in [0, 0.1) is 12.3 Å². The maximum Gasteiger partial charge on any atom is 0.311 e. The van der Waals surface area contributed by atoms with Crippen molar-refractivity contribution in [1.29, 1.82) is 0 Å². The molecule has 1 atom stereocenters. The minimum Gasteiger partial charge on any atom is -0.481 e. The lowest BCUT2D eigenvalue weighted by molar-refractivity contribution is -0.152. The first-order valence-corrected chi connectivity index (χ1v) is 8.11. The highest BCUT2D eigenvalue weighted by Gasteiger charge is 2.41. The SMILES string of the molecule is CC(C)=CC[C@@]1(C(=O)O)CCCN(Cc2nnc(C)s2)C1. The lowest BCUT2D eigenvalue weighted by atomic mass is 9.76. The average Bonchev–Trinajstić information content (AvgIpc) is 2.82. The van der Waals surface area contributed by atoms with Crippen LogP contribution in [0.4, 0.5) is 0 Å². The molecule has 0 aromatic carbocycles. The molecule has 1 aromatic heterocycles. The molecule has 5 nitrogen and oxygen atoms in total. The first-order chi connectivity index (χ1) is 9.91. The number of carbonyl (C=O) groups is 1. The lowest BCUT2D eigenvalue weighted by Gasteiger charge is -2.39. The minimum absolute atomic E-state index is 0.588. The summed E-state index contributed by atoms with van der Waals surface area (Å²) in [5.74, 6) is -0.682. The normalized spacial score (nSPS) is 23.0. The Bertz CT molecular complexity index is 537. The van der Waals surface area contributed by atoms with Crippen molar-refractivity contribution in [2.75, 3.05) is 13.1 Å². The fourth-order valence-corrected chi connectivity index (χ4v) is 3.53. The maximum atomic E-state index is 11.8. The van der Waals surface area contributed by atoms with Crippen molar-refractivity contribution in [2.45, 2.75) is 46.6 Å². The summed E-state index contributed by atoms with van der Waals surface area (Å²) < 4.78 is 0. The highest BCUT2D eigenvalue weighted by molar-refractivity contribution is 7.11. The number of aliphatic carboxylic acids is 1. The third-order valence-electron chi connectivity index (χ3n) is 3.94. The van der Waals surface area contributed by atoms with Crippen molar-refractivity contribution in [3.63, 3.8) is 0 Å². The van der Waals surface area contributed by atoms with Crippen molar-refractivity contribution < 1.29 is 9.90 Å². The molecular formula is C15H23N3O2S. The van der Waals surface area contributed by atoms with Crippen LogP contribution in [0.2, 0.25) is 0 Å². The van der Waals surface area contributed by atoms with Crippen LogP contribution in [0.5, 0.6) is 0 Å². The Morgan fingerprint density at radius 1 is 1.48 bits per heavy atom. The maximum absolute atomic E-state index is 11.8. The van der Waals surface area contributed by atoms with Gasteiger partial charge in [-0.25, -0.2) is 0 Å². The van der Waals surface area contributed by atoms with E-state index in [1.54, 1.807) is 11.3 Å². The van der Waals surface area contributed by atoms with Crippen LogP contribution in [0.25, 0.3) is 0 Å². The highest BCUT2D eigenvalue weighted by Crippen LogP contribution is 2.35. The fraction of sp³-hybridized carbons (Fsp3) is 0.667. The molecule has 1 aliphatic heterocycles. The van der Waals surface area contributed by atoms with E-state index in [0.717, 1.165) is 29.4 Å². The smallest absolute Gasteiger partial charge is 0.311 e. The van der Waals surface area contributed by atoms with E-state index in [0.29, 0.717) is 19.5 Å². The van der Waals surface area contributed by atoms with E-state index in [2.05, 4.69) is 15.1 Å². The largest absolute Gasteiger partial charge is 0.481 e. The summed E-state index contributed by atoms with van der Waals surface area (Å²) in [6.45, 7) is 8.19. The second-order valence-electron chi connectivity index (χ2n) is 6.10. The topological polar surface area (TPSA) is 66.3 Å². The molecule has 0 radical (unpaired) electrons. The number of carboxylic acid groups (broad SMARTS) is 1. The first kappa shape index (κ1) is 16.1. The number of piperidine rings is 1. The van der Waals surface area contributed by atoms with Gasteiger partial charge in [0.05, 0.1) is 12.0 Å². The fourth-order valence-electron chi connectivity index (χ4n) is 2.78. The number of nitrogens with zero attached hydrogens (tertiary/aromatic N) is 3. The monoisotopic (exact) mass is 309 g/mol. The second-order valence-corrected chi connectivity index (χ2v) is 7.37. The Hall–Kier alpha value is -1.27. The van der Waals surface area contributed by atoms with Gasteiger partial charge in [0, 0.05) is 6.54 Å². The van der Waals surface area contributed by atoms with Crippen LogP contribution in [0.1, 0.15) is 43.1 Å². The number of aromatic nitrogens is 2. The molecule has 21 heavy (non-hydrogen) atoms. The summed E-state index contributed by atoms with van der Waals surface area (Å²) in [5.41, 5.74) is 0.516. The van der Waals surface area contributed by atoms with Crippen LogP contribution < -0.4 is 0 Å². The number of hydrogen-bond donors (Lipinski definition) is 1. The molecule has 0 bridgehead atoms. The summed E-state index contributed by atoms with van der Waals surface area (Å²) >= 11 is 1.58. The third kappa shape index (κ3) is 4.11. The van der Waals surface area contributed by atoms with Gasteiger partial charge in [-0.1, -0.05) is 11.6 Å². The molecule has 0 unspecified atom stereocenters. The molecule has 0 amide bonds. The van der Waals surface area contributed by atoms with Crippen LogP contribution in [0.3, 0.4) is 0 Å². The predicted octanol–water partition coefficient (Wildman–Crippen LogP) is 2.87. The van der Waals surface area contributed by atoms with Crippen molar-refractivity contribution in [1.82, 2.24) is 15.1 Å². The standard InChI is InChI=1S/C15H23N3O2S/c1-11(2)5-7-15(14(19)20)6-4-8-18(10-15)9-13-17-16-12(3)21-13/h5H,4,6-10H2,1-3H3,(H,19,20)/t15-/m0/s1. The Morgan fingerprint density at radius 3 is 2.81 bits per heavy atom. The van der Waals surface area contributed by atoms with Gasteiger partial charge in [0.25, 0.3) is 0 Å². The van der Waals surface area contributed by atoms with Crippen molar-refractivity contribution in [2.24, 2.45) is 5.41 Å². The van der Waals surface area contributed by atoms with Gasteiger partial charge in [0.15, 0.2) is 0 Å². The van der Waals surface area contributed by atoms with Gasteiger partial charge in [-0.2, -0.15) is 0 Å². The summed E-state index contributed by atoms with van der Waals surface area (Å²) in [6, 6.07) is 0. The molecule has 1 N–H and O–H groups in total. The average molecular weight is 309 g/mol. The zero-order valence-electron chi connectivity index (χ0n) is 12.9. The molecule has 116 valence electrons. The number of likely N-dealkylation sites (tertiary alicyclic amines) is 1. The van der Waals surface area contributed by atoms with Crippen molar-refractivity contribution in [3.05, 3.63) is 21.7 Å². The Morgan fingerprint density at radius 2 is 2.24 bits per heavy atom. The predicted molar refractivity (Wildman–Crippen MR) is 83.3 cm³/mol. The number of rotatable bonds is 5. The van der Waals surface area contributed by atoms with E-state index < -0.39 is 11.4 Å². The van der Waals surface area contributed by atoms with Gasteiger partial charge in [-0.15, -0.1) is 21.5 Å².